The third-order valence-corrected chi connectivity index (χ3v) is 4.73. The highest BCUT2D eigenvalue weighted by molar-refractivity contribution is 7.98. The molecule has 0 aliphatic carbocycles. The molecule has 1 aliphatic rings. The smallest absolute Gasteiger partial charge is 0.0762 e. The van der Waals surface area contributed by atoms with Gasteiger partial charge in [-0.1, -0.05) is 29.3 Å². The number of piperidine rings is 1. The monoisotopic (exact) mass is 265 g/mol. The predicted octanol–water partition coefficient (Wildman–Crippen LogP) is 2.65. The standard InChI is InChI=1S/C15H23NOS/c1-12-7-13(2)9-14(8-12)10-18-11-15(17)3-5-16-6-4-15/h7-9,16-17H,3-6,10-11H2,1-2H3. The van der Waals surface area contributed by atoms with Crippen LogP contribution in [-0.4, -0.2) is 29.5 Å². The highest BCUT2D eigenvalue weighted by Crippen LogP contribution is 2.25. The number of benzene rings is 1. The van der Waals surface area contributed by atoms with Crippen LogP contribution < -0.4 is 5.32 Å². The van der Waals surface area contributed by atoms with Crippen molar-refractivity contribution in [3.63, 3.8) is 0 Å². The highest BCUT2D eigenvalue weighted by atomic mass is 32.2. The van der Waals surface area contributed by atoms with E-state index in [9.17, 15) is 5.11 Å². The average molecular weight is 265 g/mol. The van der Waals surface area contributed by atoms with E-state index in [2.05, 4.69) is 37.4 Å². The van der Waals surface area contributed by atoms with E-state index in [1.165, 1.54) is 16.7 Å². The molecule has 0 atom stereocenters. The molecule has 0 aromatic heterocycles. The van der Waals surface area contributed by atoms with Gasteiger partial charge in [-0.3, -0.25) is 0 Å². The van der Waals surface area contributed by atoms with Gasteiger partial charge in [-0.05, 0) is 45.3 Å². The molecule has 1 fully saturated rings. The Morgan fingerprint density at radius 3 is 2.39 bits per heavy atom. The van der Waals surface area contributed by atoms with E-state index < -0.39 is 5.60 Å². The Balaban J connectivity index is 1.84. The first-order valence-electron chi connectivity index (χ1n) is 6.65. The van der Waals surface area contributed by atoms with Gasteiger partial charge >= 0.3 is 0 Å². The van der Waals surface area contributed by atoms with Crippen LogP contribution in [0.15, 0.2) is 18.2 Å². The molecule has 1 aromatic carbocycles. The molecule has 0 spiro atoms. The third kappa shape index (κ3) is 4.01. The molecule has 1 aliphatic heterocycles. The van der Waals surface area contributed by atoms with Crippen LogP contribution in [0.3, 0.4) is 0 Å². The first-order valence-corrected chi connectivity index (χ1v) is 7.81. The Morgan fingerprint density at radius 2 is 1.78 bits per heavy atom. The fraction of sp³-hybridized carbons (Fsp3) is 0.600. The lowest BCUT2D eigenvalue weighted by molar-refractivity contribution is 0.0339. The Labute approximate surface area is 114 Å². The number of thioether (sulfide) groups is 1. The summed E-state index contributed by atoms with van der Waals surface area (Å²) in [6, 6.07) is 6.69. The second-order valence-electron chi connectivity index (χ2n) is 5.46. The number of hydrogen-bond acceptors (Lipinski definition) is 3. The van der Waals surface area contributed by atoms with E-state index in [4.69, 9.17) is 0 Å². The largest absolute Gasteiger partial charge is 0.389 e. The van der Waals surface area contributed by atoms with E-state index in [1.807, 2.05) is 11.8 Å². The van der Waals surface area contributed by atoms with Crippen molar-refractivity contribution in [1.82, 2.24) is 5.32 Å². The first-order chi connectivity index (χ1) is 8.57. The van der Waals surface area contributed by atoms with E-state index in [-0.39, 0.29) is 0 Å². The van der Waals surface area contributed by atoms with Gasteiger partial charge in [-0.15, -0.1) is 0 Å². The van der Waals surface area contributed by atoms with Crippen molar-refractivity contribution in [3.05, 3.63) is 34.9 Å². The van der Waals surface area contributed by atoms with Crippen molar-refractivity contribution >= 4 is 11.8 Å². The van der Waals surface area contributed by atoms with E-state index in [0.29, 0.717) is 0 Å². The Kier molecular flexibility index (Phi) is 4.71. The quantitative estimate of drug-likeness (QED) is 0.878. The molecule has 0 unspecified atom stereocenters. The van der Waals surface area contributed by atoms with Gasteiger partial charge in [0.05, 0.1) is 5.60 Å². The van der Waals surface area contributed by atoms with Crippen LogP contribution in [0.5, 0.6) is 0 Å². The molecule has 1 heterocycles. The Bertz CT molecular complexity index is 379. The van der Waals surface area contributed by atoms with E-state index >= 15 is 0 Å². The zero-order valence-electron chi connectivity index (χ0n) is 11.3. The predicted molar refractivity (Wildman–Crippen MR) is 79.1 cm³/mol. The van der Waals surface area contributed by atoms with Crippen LogP contribution in [-0.2, 0) is 5.75 Å². The fourth-order valence-corrected chi connectivity index (χ4v) is 3.72. The summed E-state index contributed by atoms with van der Waals surface area (Å²) in [5.74, 6) is 1.85. The molecule has 2 rings (SSSR count). The minimum Gasteiger partial charge on any atom is -0.389 e. The van der Waals surface area contributed by atoms with Gasteiger partial charge in [0.25, 0.3) is 0 Å². The molecule has 0 bridgehead atoms. The van der Waals surface area contributed by atoms with E-state index in [1.54, 1.807) is 0 Å². The zero-order valence-corrected chi connectivity index (χ0v) is 12.1. The number of aliphatic hydroxyl groups is 1. The second-order valence-corrected chi connectivity index (χ2v) is 6.45. The lowest BCUT2D eigenvalue weighted by Gasteiger charge is -2.32. The lowest BCUT2D eigenvalue weighted by Crippen LogP contribution is -2.43. The number of aryl methyl sites for hydroxylation is 2. The maximum absolute atomic E-state index is 10.4. The van der Waals surface area contributed by atoms with Crippen molar-refractivity contribution in [3.8, 4) is 0 Å². The molecule has 0 radical (unpaired) electrons. The summed E-state index contributed by atoms with van der Waals surface area (Å²) >= 11 is 1.85. The number of hydrogen-bond donors (Lipinski definition) is 2. The summed E-state index contributed by atoms with van der Waals surface area (Å²) in [4.78, 5) is 0. The Morgan fingerprint density at radius 1 is 1.17 bits per heavy atom. The van der Waals surface area contributed by atoms with Crippen LogP contribution in [0.1, 0.15) is 29.5 Å². The second kappa shape index (κ2) is 6.09. The van der Waals surface area contributed by atoms with Gasteiger partial charge in [0, 0.05) is 11.5 Å². The Hall–Kier alpha value is -0.510. The summed E-state index contributed by atoms with van der Waals surface area (Å²) in [5, 5.41) is 13.7. The molecule has 0 amide bonds. The molecule has 3 heteroatoms. The zero-order chi connectivity index (χ0) is 13.0. The summed E-state index contributed by atoms with van der Waals surface area (Å²) in [5.41, 5.74) is 3.57. The maximum Gasteiger partial charge on any atom is 0.0762 e. The molecular weight excluding hydrogens is 242 g/mol. The van der Waals surface area contributed by atoms with Gasteiger partial charge in [0.2, 0.25) is 0 Å². The van der Waals surface area contributed by atoms with Crippen LogP contribution in [0, 0.1) is 13.8 Å². The van der Waals surface area contributed by atoms with Crippen LogP contribution in [0.25, 0.3) is 0 Å². The van der Waals surface area contributed by atoms with E-state index in [0.717, 1.165) is 37.4 Å². The molecule has 100 valence electrons. The fourth-order valence-electron chi connectivity index (χ4n) is 2.55. The minimum atomic E-state index is -0.450. The maximum atomic E-state index is 10.4. The normalized spacial score (nSPS) is 18.8. The lowest BCUT2D eigenvalue weighted by atomic mass is 9.95. The number of nitrogens with one attached hydrogen (secondary N) is 1. The van der Waals surface area contributed by atoms with Crippen molar-refractivity contribution in [1.29, 1.82) is 0 Å². The molecule has 2 N–H and O–H groups in total. The third-order valence-electron chi connectivity index (χ3n) is 3.46. The first kappa shape index (κ1) is 13.9. The van der Waals surface area contributed by atoms with Crippen LogP contribution >= 0.6 is 11.8 Å². The summed E-state index contributed by atoms with van der Waals surface area (Å²) in [6.07, 6.45) is 1.76. The molecule has 1 aromatic rings. The van der Waals surface area contributed by atoms with Gasteiger partial charge < -0.3 is 10.4 Å². The average Bonchev–Trinajstić information content (AvgIpc) is 2.28. The van der Waals surface area contributed by atoms with Crippen molar-refractivity contribution in [2.45, 2.75) is 38.0 Å². The van der Waals surface area contributed by atoms with Gasteiger partial charge in [-0.25, -0.2) is 0 Å². The van der Waals surface area contributed by atoms with Crippen LogP contribution in [0.4, 0.5) is 0 Å². The highest BCUT2D eigenvalue weighted by Gasteiger charge is 2.28. The molecule has 2 nitrogen and oxygen atoms in total. The van der Waals surface area contributed by atoms with Crippen molar-refractivity contribution < 1.29 is 5.11 Å². The summed E-state index contributed by atoms with van der Waals surface area (Å²) in [7, 11) is 0. The van der Waals surface area contributed by atoms with Gasteiger partial charge in [0.15, 0.2) is 0 Å². The SMILES string of the molecule is Cc1cc(C)cc(CSCC2(O)CCNCC2)c1. The molecular formula is C15H23NOS. The summed E-state index contributed by atoms with van der Waals surface area (Å²) in [6.45, 7) is 6.17. The van der Waals surface area contributed by atoms with Gasteiger partial charge in [0.1, 0.15) is 0 Å². The van der Waals surface area contributed by atoms with Crippen LogP contribution in [0.2, 0.25) is 0 Å². The number of rotatable bonds is 4. The topological polar surface area (TPSA) is 32.3 Å². The summed E-state index contributed by atoms with van der Waals surface area (Å²) < 4.78 is 0. The van der Waals surface area contributed by atoms with Crippen molar-refractivity contribution in [2.75, 3.05) is 18.8 Å². The van der Waals surface area contributed by atoms with Crippen molar-refractivity contribution in [2.24, 2.45) is 0 Å². The van der Waals surface area contributed by atoms with Gasteiger partial charge in [-0.2, -0.15) is 11.8 Å². The molecule has 18 heavy (non-hydrogen) atoms. The minimum absolute atomic E-state index is 0.450. The molecule has 0 saturated carbocycles. The molecule has 1 saturated heterocycles.